The van der Waals surface area contributed by atoms with E-state index in [4.69, 9.17) is 18.9 Å². The molecule has 1 aliphatic rings. The summed E-state index contributed by atoms with van der Waals surface area (Å²) in [6.45, 7) is 1.16. The normalized spacial score (nSPS) is 25.1. The molecule has 0 radical (unpaired) electrons. The lowest BCUT2D eigenvalue weighted by Crippen LogP contribution is -2.60. The fourth-order valence-electron chi connectivity index (χ4n) is 3.89. The van der Waals surface area contributed by atoms with Gasteiger partial charge < -0.3 is 24.1 Å². The van der Waals surface area contributed by atoms with Crippen LogP contribution in [0.1, 0.15) is 16.7 Å². The van der Waals surface area contributed by atoms with Gasteiger partial charge in [0.1, 0.15) is 18.3 Å². The van der Waals surface area contributed by atoms with E-state index in [0.29, 0.717) is 24.2 Å². The van der Waals surface area contributed by atoms with Gasteiger partial charge in [0.15, 0.2) is 6.29 Å². The minimum absolute atomic E-state index is 0.318. The van der Waals surface area contributed by atoms with Crippen LogP contribution in [0, 0.1) is 0 Å². The molecule has 3 aromatic rings. The highest BCUT2D eigenvalue weighted by Crippen LogP contribution is 2.30. The predicted molar refractivity (Wildman–Crippen MR) is 135 cm³/mol. The number of halogens is 1. The maximum absolute atomic E-state index is 10.8. The smallest absolute Gasteiger partial charge is 0.184 e. The van der Waals surface area contributed by atoms with Crippen LogP contribution in [-0.4, -0.2) is 40.2 Å². The summed E-state index contributed by atoms with van der Waals surface area (Å²) in [6, 6.07) is 29.9. The van der Waals surface area contributed by atoms with Crippen molar-refractivity contribution in [1.29, 1.82) is 0 Å². The maximum Gasteiger partial charge on any atom is 0.184 e. The van der Waals surface area contributed by atoms with Crippen molar-refractivity contribution >= 4 is 22.6 Å². The quantitative estimate of drug-likeness (QED) is 0.283. The van der Waals surface area contributed by atoms with Crippen molar-refractivity contribution in [3.05, 3.63) is 108 Å². The third kappa shape index (κ3) is 6.85. The molecular formula is C27H29IO5. The molecule has 5 atom stereocenters. The maximum atomic E-state index is 10.8. The molecule has 0 amide bonds. The van der Waals surface area contributed by atoms with E-state index in [1.807, 2.05) is 91.0 Å². The van der Waals surface area contributed by atoms with Crippen LogP contribution in [0.2, 0.25) is 0 Å². The van der Waals surface area contributed by atoms with Crippen molar-refractivity contribution < 1.29 is 24.1 Å². The average Bonchev–Trinajstić information content (AvgIpc) is 2.87. The van der Waals surface area contributed by atoms with Crippen molar-refractivity contribution in [2.24, 2.45) is 0 Å². The number of hydrogen-bond acceptors (Lipinski definition) is 5. The van der Waals surface area contributed by atoms with Crippen molar-refractivity contribution in [2.75, 3.05) is 4.43 Å². The Hall–Kier alpha value is -1.81. The summed E-state index contributed by atoms with van der Waals surface area (Å²) in [4.78, 5) is 0. The van der Waals surface area contributed by atoms with E-state index in [-0.39, 0.29) is 6.10 Å². The highest BCUT2D eigenvalue weighted by atomic mass is 127. The summed E-state index contributed by atoms with van der Waals surface area (Å²) in [6.07, 6.45) is -3.00. The van der Waals surface area contributed by atoms with Crippen LogP contribution in [0.15, 0.2) is 91.0 Å². The molecule has 1 saturated heterocycles. The molecule has 0 bridgehead atoms. The summed E-state index contributed by atoms with van der Waals surface area (Å²) >= 11 is 2.26. The summed E-state index contributed by atoms with van der Waals surface area (Å²) in [5.74, 6) is 0. The summed E-state index contributed by atoms with van der Waals surface area (Å²) < 4.78 is 25.5. The minimum atomic E-state index is -1.11. The van der Waals surface area contributed by atoms with Gasteiger partial charge >= 0.3 is 0 Å². The number of aliphatic hydroxyl groups is 1. The third-order valence-electron chi connectivity index (χ3n) is 5.62. The van der Waals surface area contributed by atoms with Gasteiger partial charge in [-0.1, -0.05) is 114 Å². The molecule has 0 spiro atoms. The number of benzene rings is 3. The molecule has 3 aromatic carbocycles. The molecule has 1 aliphatic heterocycles. The molecule has 5 nitrogen and oxygen atoms in total. The highest BCUT2D eigenvalue weighted by molar-refractivity contribution is 14.1. The van der Waals surface area contributed by atoms with E-state index < -0.39 is 24.6 Å². The molecule has 33 heavy (non-hydrogen) atoms. The summed E-state index contributed by atoms with van der Waals surface area (Å²) in [5, 5.41) is 10.8. The van der Waals surface area contributed by atoms with Gasteiger partial charge in [0.2, 0.25) is 0 Å². The van der Waals surface area contributed by atoms with Gasteiger partial charge in [0.25, 0.3) is 0 Å². The second-order valence-electron chi connectivity index (χ2n) is 8.00. The number of rotatable bonds is 10. The Kier molecular flexibility index (Phi) is 9.28. The first-order chi connectivity index (χ1) is 16.2. The summed E-state index contributed by atoms with van der Waals surface area (Å²) in [5.41, 5.74) is 3.14. The average molecular weight is 560 g/mol. The fourth-order valence-corrected chi connectivity index (χ4v) is 4.60. The Morgan fingerprint density at radius 1 is 0.606 bits per heavy atom. The lowest BCUT2D eigenvalue weighted by atomic mass is 9.98. The Morgan fingerprint density at radius 3 is 1.42 bits per heavy atom. The van der Waals surface area contributed by atoms with Crippen LogP contribution in [0.25, 0.3) is 0 Å². The van der Waals surface area contributed by atoms with Gasteiger partial charge in [-0.2, -0.15) is 0 Å². The van der Waals surface area contributed by atoms with Gasteiger partial charge in [0, 0.05) is 4.43 Å². The number of hydrogen-bond donors (Lipinski definition) is 1. The Labute approximate surface area is 208 Å². The zero-order valence-electron chi connectivity index (χ0n) is 18.3. The lowest BCUT2D eigenvalue weighted by molar-refractivity contribution is -0.306. The third-order valence-corrected chi connectivity index (χ3v) is 6.49. The minimum Gasteiger partial charge on any atom is -0.368 e. The lowest BCUT2D eigenvalue weighted by Gasteiger charge is -2.44. The molecule has 1 heterocycles. The van der Waals surface area contributed by atoms with Gasteiger partial charge in [-0.3, -0.25) is 0 Å². The SMILES string of the molecule is O[C@H]1O[C@H](CI)[C@@H](OCc2ccccc2)[C@@H](OCc2ccccc2)[C@@H]1OCc1ccccc1. The van der Waals surface area contributed by atoms with Crippen LogP contribution < -0.4 is 0 Å². The van der Waals surface area contributed by atoms with Crippen LogP contribution in [0.4, 0.5) is 0 Å². The van der Waals surface area contributed by atoms with E-state index in [9.17, 15) is 5.11 Å². The molecule has 4 rings (SSSR count). The van der Waals surface area contributed by atoms with Crippen LogP contribution >= 0.6 is 22.6 Å². The van der Waals surface area contributed by atoms with Gasteiger partial charge in [-0.05, 0) is 16.7 Å². The molecule has 174 valence electrons. The van der Waals surface area contributed by atoms with E-state index in [2.05, 4.69) is 22.6 Å². The van der Waals surface area contributed by atoms with Gasteiger partial charge in [-0.25, -0.2) is 0 Å². The van der Waals surface area contributed by atoms with Crippen molar-refractivity contribution in [3.8, 4) is 0 Å². The van der Waals surface area contributed by atoms with E-state index in [0.717, 1.165) is 16.7 Å². The van der Waals surface area contributed by atoms with E-state index in [1.54, 1.807) is 0 Å². The zero-order chi connectivity index (χ0) is 22.9. The second-order valence-corrected chi connectivity index (χ2v) is 8.88. The van der Waals surface area contributed by atoms with Crippen molar-refractivity contribution in [2.45, 2.75) is 50.5 Å². The Morgan fingerprint density at radius 2 is 1.00 bits per heavy atom. The zero-order valence-corrected chi connectivity index (χ0v) is 20.5. The molecular weight excluding hydrogens is 531 g/mol. The fraction of sp³-hybridized carbons (Fsp3) is 0.333. The topological polar surface area (TPSA) is 57.2 Å². The number of ether oxygens (including phenoxy) is 4. The summed E-state index contributed by atoms with van der Waals surface area (Å²) in [7, 11) is 0. The molecule has 0 saturated carbocycles. The van der Waals surface area contributed by atoms with E-state index >= 15 is 0 Å². The highest BCUT2D eigenvalue weighted by Gasteiger charge is 2.47. The molecule has 0 aliphatic carbocycles. The molecule has 0 aromatic heterocycles. The van der Waals surface area contributed by atoms with Crippen LogP contribution in [-0.2, 0) is 38.8 Å². The van der Waals surface area contributed by atoms with Gasteiger partial charge in [-0.15, -0.1) is 0 Å². The van der Waals surface area contributed by atoms with E-state index in [1.165, 1.54) is 0 Å². The Balaban J connectivity index is 1.53. The Bertz CT molecular complexity index is 941. The van der Waals surface area contributed by atoms with Crippen molar-refractivity contribution in [3.63, 3.8) is 0 Å². The molecule has 0 unspecified atom stereocenters. The second kappa shape index (κ2) is 12.6. The monoisotopic (exact) mass is 560 g/mol. The predicted octanol–water partition coefficient (Wildman–Crippen LogP) is 4.89. The number of alkyl halides is 1. The largest absolute Gasteiger partial charge is 0.368 e. The van der Waals surface area contributed by atoms with Crippen LogP contribution in [0.3, 0.4) is 0 Å². The first-order valence-corrected chi connectivity index (χ1v) is 12.6. The van der Waals surface area contributed by atoms with Crippen molar-refractivity contribution in [1.82, 2.24) is 0 Å². The molecule has 1 N–H and O–H groups in total. The standard InChI is InChI=1S/C27H29IO5/c28-16-23-24(30-17-20-10-4-1-5-11-20)25(31-18-21-12-6-2-7-13-21)26(27(29)33-23)32-19-22-14-8-3-9-15-22/h1-15,23-27,29H,16-19H2/t23-,24-,25-,26+,27+/m1/s1. The van der Waals surface area contributed by atoms with Gasteiger partial charge in [0.05, 0.1) is 25.9 Å². The number of aliphatic hydroxyl groups excluding tert-OH is 1. The first-order valence-electron chi connectivity index (χ1n) is 11.1. The first kappa shape index (κ1) is 24.3. The molecule has 1 fully saturated rings. The van der Waals surface area contributed by atoms with Crippen LogP contribution in [0.5, 0.6) is 0 Å². The molecule has 6 heteroatoms.